The smallest absolute Gasteiger partial charge is 0.120 e. The Bertz CT molecular complexity index is 316. The zero-order chi connectivity index (χ0) is 11.4. The number of hydrogen-bond donors (Lipinski definition) is 1. The molecule has 1 saturated carbocycles. The van der Waals surface area contributed by atoms with E-state index in [-0.39, 0.29) is 0 Å². The minimum absolute atomic E-state index is 0.681. The maximum Gasteiger partial charge on any atom is 0.120 e. The summed E-state index contributed by atoms with van der Waals surface area (Å²) < 4.78 is 0. The van der Waals surface area contributed by atoms with Crippen LogP contribution in [0.15, 0.2) is 0 Å². The largest absolute Gasteiger partial charge is 0.330 e. The molecule has 1 aromatic rings. The van der Waals surface area contributed by atoms with Crippen LogP contribution in [0.2, 0.25) is 0 Å². The molecule has 0 spiro atoms. The first-order chi connectivity index (χ1) is 7.79. The summed E-state index contributed by atoms with van der Waals surface area (Å²) >= 11 is 1.80. The van der Waals surface area contributed by atoms with Crippen molar-refractivity contribution in [1.29, 1.82) is 0 Å². The van der Waals surface area contributed by atoms with E-state index >= 15 is 0 Å². The van der Waals surface area contributed by atoms with Crippen molar-refractivity contribution < 1.29 is 0 Å². The lowest BCUT2D eigenvalue weighted by Gasteiger charge is -2.23. The molecule has 0 unspecified atom stereocenters. The van der Waals surface area contributed by atoms with E-state index in [4.69, 9.17) is 5.73 Å². The summed E-state index contributed by atoms with van der Waals surface area (Å²) in [4.78, 5) is 0. The number of aromatic nitrogens is 2. The third kappa shape index (κ3) is 3.01. The second kappa shape index (κ2) is 5.73. The van der Waals surface area contributed by atoms with Crippen molar-refractivity contribution >= 4 is 11.3 Å². The lowest BCUT2D eigenvalue weighted by Crippen LogP contribution is -2.10. The van der Waals surface area contributed by atoms with Crippen LogP contribution < -0.4 is 5.73 Å². The van der Waals surface area contributed by atoms with Gasteiger partial charge in [0, 0.05) is 12.3 Å². The first-order valence-corrected chi connectivity index (χ1v) is 7.13. The van der Waals surface area contributed by atoms with Crippen molar-refractivity contribution in [3.05, 3.63) is 10.0 Å². The first kappa shape index (κ1) is 12.0. The molecule has 16 heavy (non-hydrogen) atoms. The summed E-state index contributed by atoms with van der Waals surface area (Å²) in [5, 5.41) is 11.0. The van der Waals surface area contributed by atoms with Gasteiger partial charge in [-0.3, -0.25) is 0 Å². The van der Waals surface area contributed by atoms with Gasteiger partial charge in [-0.15, -0.1) is 21.5 Å². The monoisotopic (exact) mass is 239 g/mol. The molecule has 2 N–H and O–H groups in total. The van der Waals surface area contributed by atoms with Gasteiger partial charge >= 0.3 is 0 Å². The molecule has 0 amide bonds. The highest BCUT2D eigenvalue weighted by Crippen LogP contribution is 2.36. The molecule has 1 aliphatic carbocycles. The van der Waals surface area contributed by atoms with Gasteiger partial charge in [0.1, 0.15) is 10.0 Å². The Labute approximate surface area is 101 Å². The molecule has 2 rings (SSSR count). The van der Waals surface area contributed by atoms with Crippen LogP contribution in [0.5, 0.6) is 0 Å². The molecule has 0 radical (unpaired) electrons. The number of nitrogens with two attached hydrogens (primary N) is 1. The molecule has 1 aromatic heterocycles. The summed E-state index contributed by atoms with van der Waals surface area (Å²) in [6, 6.07) is 0. The zero-order valence-corrected chi connectivity index (χ0v) is 10.8. The van der Waals surface area contributed by atoms with Gasteiger partial charge in [0.05, 0.1) is 0 Å². The van der Waals surface area contributed by atoms with E-state index < -0.39 is 0 Å². The Morgan fingerprint density at radius 3 is 2.69 bits per heavy atom. The number of rotatable bonds is 4. The summed E-state index contributed by atoms with van der Waals surface area (Å²) in [6.45, 7) is 3.10. The molecule has 0 aliphatic heterocycles. The number of hydrogen-bond acceptors (Lipinski definition) is 4. The van der Waals surface area contributed by atoms with Crippen LogP contribution in [0, 0.1) is 5.92 Å². The van der Waals surface area contributed by atoms with E-state index in [2.05, 4.69) is 17.1 Å². The van der Waals surface area contributed by atoms with Gasteiger partial charge < -0.3 is 5.73 Å². The Hall–Kier alpha value is -0.480. The first-order valence-electron chi connectivity index (χ1n) is 6.32. The second-order valence-electron chi connectivity index (χ2n) is 4.88. The van der Waals surface area contributed by atoms with E-state index in [9.17, 15) is 0 Å². The summed E-state index contributed by atoms with van der Waals surface area (Å²) in [5.41, 5.74) is 5.50. The third-order valence-electron chi connectivity index (χ3n) is 3.44. The molecule has 1 heterocycles. The Morgan fingerprint density at radius 2 is 2.00 bits per heavy atom. The average Bonchev–Trinajstić information content (AvgIpc) is 2.76. The van der Waals surface area contributed by atoms with Gasteiger partial charge in [0.15, 0.2) is 0 Å². The maximum atomic E-state index is 5.50. The van der Waals surface area contributed by atoms with Crippen LogP contribution >= 0.6 is 11.3 Å². The normalized spacial score (nSPS) is 25.9. The number of aryl methyl sites for hydroxylation is 1. The van der Waals surface area contributed by atoms with Crippen LogP contribution in [0.1, 0.15) is 55.0 Å². The van der Waals surface area contributed by atoms with Crippen molar-refractivity contribution in [1.82, 2.24) is 10.2 Å². The Balaban J connectivity index is 1.91. The predicted octanol–water partition coefficient (Wildman–Crippen LogP) is 2.72. The lowest BCUT2D eigenvalue weighted by atomic mass is 9.83. The quantitative estimate of drug-likeness (QED) is 0.879. The fraction of sp³-hybridized carbons (Fsp3) is 0.833. The van der Waals surface area contributed by atoms with Crippen LogP contribution in [-0.2, 0) is 6.42 Å². The number of nitrogens with zero attached hydrogens (tertiary/aromatic N) is 2. The van der Waals surface area contributed by atoms with Gasteiger partial charge in [-0.05, 0) is 31.7 Å². The van der Waals surface area contributed by atoms with Gasteiger partial charge in [0.25, 0.3) is 0 Å². The van der Waals surface area contributed by atoms with Crippen LogP contribution in [-0.4, -0.2) is 16.7 Å². The molecular formula is C12H21N3S. The molecule has 1 fully saturated rings. The molecule has 1 aliphatic rings. The van der Waals surface area contributed by atoms with Crippen molar-refractivity contribution in [3.8, 4) is 0 Å². The van der Waals surface area contributed by atoms with Gasteiger partial charge in [-0.2, -0.15) is 0 Å². The van der Waals surface area contributed by atoms with E-state index in [1.165, 1.54) is 35.7 Å². The molecule has 0 aromatic carbocycles. The van der Waals surface area contributed by atoms with E-state index in [0.717, 1.165) is 25.3 Å². The molecule has 4 heteroatoms. The van der Waals surface area contributed by atoms with Crippen LogP contribution in [0.25, 0.3) is 0 Å². The molecule has 0 saturated heterocycles. The summed E-state index contributed by atoms with van der Waals surface area (Å²) in [6.07, 6.45) is 7.32. The van der Waals surface area contributed by atoms with Crippen molar-refractivity contribution in [3.63, 3.8) is 0 Å². The van der Waals surface area contributed by atoms with Crippen molar-refractivity contribution in [2.45, 2.75) is 51.4 Å². The fourth-order valence-corrected chi connectivity index (χ4v) is 3.35. The Morgan fingerprint density at radius 1 is 1.25 bits per heavy atom. The highest BCUT2D eigenvalue weighted by atomic mass is 32.1. The predicted molar refractivity (Wildman–Crippen MR) is 67.7 cm³/mol. The van der Waals surface area contributed by atoms with E-state index in [1.54, 1.807) is 11.3 Å². The van der Waals surface area contributed by atoms with Crippen molar-refractivity contribution in [2.75, 3.05) is 6.54 Å². The lowest BCUT2D eigenvalue weighted by molar-refractivity contribution is 0.346. The molecule has 0 atom stereocenters. The van der Waals surface area contributed by atoms with Crippen molar-refractivity contribution in [2.24, 2.45) is 11.7 Å². The minimum atomic E-state index is 0.681. The molecular weight excluding hydrogens is 218 g/mol. The maximum absolute atomic E-state index is 5.50. The molecule has 90 valence electrons. The topological polar surface area (TPSA) is 51.8 Å². The third-order valence-corrected chi connectivity index (χ3v) is 4.59. The van der Waals surface area contributed by atoms with Crippen LogP contribution in [0.3, 0.4) is 0 Å². The van der Waals surface area contributed by atoms with E-state index in [1.807, 2.05) is 0 Å². The van der Waals surface area contributed by atoms with Gasteiger partial charge in [0.2, 0.25) is 0 Å². The Kier molecular flexibility index (Phi) is 4.29. The minimum Gasteiger partial charge on any atom is -0.330 e. The van der Waals surface area contributed by atoms with Gasteiger partial charge in [-0.1, -0.05) is 19.8 Å². The molecule has 0 bridgehead atoms. The highest BCUT2D eigenvalue weighted by Gasteiger charge is 2.22. The fourth-order valence-electron chi connectivity index (χ4n) is 2.29. The van der Waals surface area contributed by atoms with Crippen LogP contribution in [0.4, 0.5) is 0 Å². The SMILES string of the molecule is CC1CCC(c2nnc(CCCN)s2)CC1. The van der Waals surface area contributed by atoms with E-state index in [0.29, 0.717) is 5.92 Å². The summed E-state index contributed by atoms with van der Waals surface area (Å²) in [7, 11) is 0. The highest BCUT2D eigenvalue weighted by molar-refractivity contribution is 7.11. The standard InChI is InChI=1S/C12H21N3S/c1-9-4-6-10(7-5-9)12-15-14-11(16-12)3-2-8-13/h9-10H,2-8,13H2,1H3. The zero-order valence-electron chi connectivity index (χ0n) is 9.98. The summed E-state index contributed by atoms with van der Waals surface area (Å²) in [5.74, 6) is 1.58. The second-order valence-corrected chi connectivity index (χ2v) is 5.98. The molecule has 3 nitrogen and oxygen atoms in total. The average molecular weight is 239 g/mol. The van der Waals surface area contributed by atoms with Gasteiger partial charge in [-0.25, -0.2) is 0 Å².